The smallest absolute Gasteiger partial charge is 0.291 e. The largest absolute Gasteiger partial charge is 0.312 e. The summed E-state index contributed by atoms with van der Waals surface area (Å²) in [5.74, 6) is 0.335. The summed E-state index contributed by atoms with van der Waals surface area (Å²) in [4.78, 5) is 27.3. The summed E-state index contributed by atoms with van der Waals surface area (Å²) in [6, 6.07) is 2.81. The van der Waals surface area contributed by atoms with Crippen molar-refractivity contribution >= 4 is 29.0 Å². The number of pyridine rings is 1. The molecule has 17 heavy (non-hydrogen) atoms. The first-order valence-corrected chi connectivity index (χ1v) is 5.62. The van der Waals surface area contributed by atoms with E-state index in [0.717, 1.165) is 0 Å². The number of nitro groups is 1. The Bertz CT molecular complexity index is 466. The molecule has 0 saturated carbocycles. The quantitative estimate of drug-likeness (QED) is 0.467. The molecule has 1 atom stereocenters. The van der Waals surface area contributed by atoms with Gasteiger partial charge in [0.05, 0.1) is 4.92 Å². The highest BCUT2D eigenvalue weighted by atomic mass is 35.5. The minimum atomic E-state index is -0.538. The van der Waals surface area contributed by atoms with E-state index in [1.165, 1.54) is 23.2 Å². The van der Waals surface area contributed by atoms with Gasteiger partial charge in [-0.1, -0.05) is 0 Å². The summed E-state index contributed by atoms with van der Waals surface area (Å²) in [7, 11) is 0. The van der Waals surface area contributed by atoms with Crippen molar-refractivity contribution in [3.05, 3.63) is 28.4 Å². The van der Waals surface area contributed by atoms with Crippen molar-refractivity contribution in [3.8, 4) is 0 Å². The lowest BCUT2D eigenvalue weighted by Crippen LogP contribution is -2.26. The van der Waals surface area contributed by atoms with E-state index in [0.29, 0.717) is 18.8 Å². The molecule has 6 nitrogen and oxygen atoms in total. The molecule has 1 aliphatic rings. The second-order valence-corrected chi connectivity index (χ2v) is 4.14. The molecule has 1 unspecified atom stereocenters. The first kappa shape index (κ1) is 11.8. The molecular weight excluding hydrogens is 246 g/mol. The molecule has 0 aliphatic carbocycles. The van der Waals surface area contributed by atoms with Crippen LogP contribution in [0.3, 0.4) is 0 Å². The fraction of sp³-hybridized carbons (Fsp3) is 0.400. The van der Waals surface area contributed by atoms with Crippen molar-refractivity contribution in [2.75, 3.05) is 17.3 Å². The van der Waals surface area contributed by atoms with Crippen molar-refractivity contribution in [1.29, 1.82) is 0 Å². The van der Waals surface area contributed by atoms with E-state index in [4.69, 9.17) is 11.6 Å². The average Bonchev–Trinajstić information content (AvgIpc) is 2.70. The third-order valence-corrected chi connectivity index (χ3v) is 3.08. The van der Waals surface area contributed by atoms with Crippen LogP contribution in [0, 0.1) is 16.0 Å². The molecule has 1 aliphatic heterocycles. The van der Waals surface area contributed by atoms with Gasteiger partial charge in [0.2, 0.25) is 11.7 Å². The van der Waals surface area contributed by atoms with Crippen molar-refractivity contribution in [2.45, 2.75) is 6.42 Å². The zero-order chi connectivity index (χ0) is 12.4. The van der Waals surface area contributed by atoms with Crippen LogP contribution in [0.1, 0.15) is 6.42 Å². The Kier molecular flexibility index (Phi) is 3.23. The molecule has 0 spiro atoms. The highest BCUT2D eigenvalue weighted by Crippen LogP contribution is 2.30. The molecule has 2 rings (SSSR count). The molecule has 1 saturated heterocycles. The maximum atomic E-state index is 11.7. The summed E-state index contributed by atoms with van der Waals surface area (Å²) in [6.07, 6.45) is 1.75. The van der Waals surface area contributed by atoms with E-state index >= 15 is 0 Å². The third-order valence-electron chi connectivity index (χ3n) is 2.64. The first-order chi connectivity index (χ1) is 8.13. The van der Waals surface area contributed by atoms with Gasteiger partial charge in [-0.05, 0) is 12.0 Å². The van der Waals surface area contributed by atoms with Crippen LogP contribution in [0.2, 0.25) is 0 Å². The Labute approximate surface area is 102 Å². The molecule has 0 bridgehead atoms. The molecule has 1 aromatic rings. The number of hydrogen-bond acceptors (Lipinski definition) is 4. The van der Waals surface area contributed by atoms with Gasteiger partial charge in [0.1, 0.15) is 0 Å². The summed E-state index contributed by atoms with van der Waals surface area (Å²) >= 11 is 5.70. The number of aromatic nitrogens is 1. The highest BCUT2D eigenvalue weighted by molar-refractivity contribution is 6.18. The van der Waals surface area contributed by atoms with Crippen LogP contribution in [0.4, 0.5) is 11.5 Å². The zero-order valence-corrected chi connectivity index (χ0v) is 9.63. The number of anilines is 1. The molecular formula is C10H10ClN3O3. The molecule has 1 amide bonds. The minimum Gasteiger partial charge on any atom is -0.291 e. The van der Waals surface area contributed by atoms with E-state index in [1.807, 2.05) is 0 Å². The third kappa shape index (κ3) is 2.21. The number of nitrogens with zero attached hydrogens (tertiary/aromatic N) is 3. The SMILES string of the molecule is O=C1CC(CCl)CN1c1ncccc1[N+](=O)[O-]. The maximum absolute atomic E-state index is 11.7. The van der Waals surface area contributed by atoms with Gasteiger partial charge in [0, 0.05) is 31.1 Å². The van der Waals surface area contributed by atoms with Gasteiger partial charge in [-0.15, -0.1) is 11.6 Å². The van der Waals surface area contributed by atoms with Crippen molar-refractivity contribution in [3.63, 3.8) is 0 Å². The molecule has 0 aromatic carbocycles. The minimum absolute atomic E-state index is 0.0331. The Morgan fingerprint density at radius 1 is 1.65 bits per heavy atom. The number of rotatable bonds is 3. The summed E-state index contributed by atoms with van der Waals surface area (Å²) in [5, 5.41) is 10.8. The lowest BCUT2D eigenvalue weighted by molar-refractivity contribution is -0.384. The van der Waals surface area contributed by atoms with Crippen LogP contribution >= 0.6 is 11.6 Å². The van der Waals surface area contributed by atoms with Crippen LogP contribution < -0.4 is 4.90 Å². The van der Waals surface area contributed by atoms with E-state index in [2.05, 4.69) is 4.98 Å². The van der Waals surface area contributed by atoms with Gasteiger partial charge >= 0.3 is 5.69 Å². The fourth-order valence-electron chi connectivity index (χ4n) is 1.83. The number of carbonyl (C=O) groups excluding carboxylic acids is 1. The Balaban J connectivity index is 2.35. The zero-order valence-electron chi connectivity index (χ0n) is 8.88. The fourth-order valence-corrected chi connectivity index (χ4v) is 2.04. The monoisotopic (exact) mass is 255 g/mol. The topological polar surface area (TPSA) is 76.3 Å². The summed E-state index contributed by atoms with van der Waals surface area (Å²) in [6.45, 7) is 0.389. The van der Waals surface area contributed by atoms with Crippen molar-refractivity contribution < 1.29 is 9.72 Å². The van der Waals surface area contributed by atoms with E-state index in [9.17, 15) is 14.9 Å². The lowest BCUT2D eigenvalue weighted by Gasteiger charge is -2.14. The molecule has 2 heterocycles. The van der Waals surface area contributed by atoms with E-state index in [-0.39, 0.29) is 23.3 Å². The normalized spacial score (nSPS) is 19.7. The van der Waals surface area contributed by atoms with Gasteiger partial charge in [-0.2, -0.15) is 0 Å². The van der Waals surface area contributed by atoms with E-state index < -0.39 is 4.92 Å². The van der Waals surface area contributed by atoms with Crippen LogP contribution in [0.25, 0.3) is 0 Å². The van der Waals surface area contributed by atoms with Crippen LogP contribution in [0.5, 0.6) is 0 Å². The number of amides is 1. The number of halogens is 1. The molecule has 0 N–H and O–H groups in total. The standard InChI is InChI=1S/C10H10ClN3O3/c11-5-7-4-9(15)13(6-7)10-8(14(16)17)2-1-3-12-10/h1-3,7H,4-6H2. The molecule has 1 fully saturated rings. The Hall–Kier alpha value is -1.69. The van der Waals surface area contributed by atoms with Gasteiger partial charge in [-0.25, -0.2) is 4.98 Å². The molecule has 90 valence electrons. The van der Waals surface area contributed by atoms with Crippen LogP contribution in [0.15, 0.2) is 18.3 Å². The lowest BCUT2D eigenvalue weighted by atomic mass is 10.1. The molecule has 1 aromatic heterocycles. The van der Waals surface area contributed by atoms with Gasteiger partial charge in [0.15, 0.2) is 0 Å². The molecule has 0 radical (unpaired) electrons. The Morgan fingerprint density at radius 3 is 3.00 bits per heavy atom. The average molecular weight is 256 g/mol. The second kappa shape index (κ2) is 4.67. The number of hydrogen-bond donors (Lipinski definition) is 0. The van der Waals surface area contributed by atoms with Gasteiger partial charge in [0.25, 0.3) is 0 Å². The van der Waals surface area contributed by atoms with Crippen molar-refractivity contribution in [2.24, 2.45) is 5.92 Å². The first-order valence-electron chi connectivity index (χ1n) is 5.09. The summed E-state index contributed by atoms with van der Waals surface area (Å²) < 4.78 is 0. The highest BCUT2D eigenvalue weighted by Gasteiger charge is 2.34. The van der Waals surface area contributed by atoms with Crippen LogP contribution in [-0.4, -0.2) is 28.2 Å². The van der Waals surface area contributed by atoms with Crippen LogP contribution in [-0.2, 0) is 4.79 Å². The number of carbonyl (C=O) groups is 1. The maximum Gasteiger partial charge on any atom is 0.312 e. The predicted octanol–water partition coefficient (Wildman–Crippen LogP) is 1.58. The van der Waals surface area contributed by atoms with Gasteiger partial charge in [-0.3, -0.25) is 19.8 Å². The van der Waals surface area contributed by atoms with Crippen molar-refractivity contribution in [1.82, 2.24) is 4.98 Å². The predicted molar refractivity (Wildman–Crippen MR) is 62.1 cm³/mol. The van der Waals surface area contributed by atoms with Gasteiger partial charge < -0.3 is 0 Å². The van der Waals surface area contributed by atoms with E-state index in [1.54, 1.807) is 0 Å². The Morgan fingerprint density at radius 2 is 2.41 bits per heavy atom. The summed E-state index contributed by atoms with van der Waals surface area (Å²) in [5.41, 5.74) is -0.156. The molecule has 7 heteroatoms. The number of alkyl halides is 1. The second-order valence-electron chi connectivity index (χ2n) is 3.83.